The SMILES string of the molecule is CCCCCCNC(=O)N(CCc1ccccc1)c1cccc(Sc2ccc(CC(=O)O)cc2)c1. The number of carbonyl (C=O) groups is 2. The summed E-state index contributed by atoms with van der Waals surface area (Å²) in [6, 6.07) is 25.7. The van der Waals surface area contributed by atoms with Gasteiger partial charge < -0.3 is 10.4 Å². The highest BCUT2D eigenvalue weighted by Gasteiger charge is 2.16. The zero-order chi connectivity index (χ0) is 24.9. The van der Waals surface area contributed by atoms with E-state index in [2.05, 4.69) is 24.4 Å². The van der Waals surface area contributed by atoms with Crippen molar-refractivity contribution < 1.29 is 14.7 Å². The predicted molar refractivity (Wildman–Crippen MR) is 143 cm³/mol. The summed E-state index contributed by atoms with van der Waals surface area (Å²) < 4.78 is 0. The fourth-order valence-corrected chi connectivity index (χ4v) is 4.65. The van der Waals surface area contributed by atoms with Crippen LogP contribution in [-0.2, 0) is 17.6 Å². The number of unbranched alkanes of at least 4 members (excludes halogenated alkanes) is 3. The van der Waals surface area contributed by atoms with Crippen LogP contribution in [0.2, 0.25) is 0 Å². The monoisotopic (exact) mass is 490 g/mol. The van der Waals surface area contributed by atoms with Gasteiger partial charge in [-0.15, -0.1) is 0 Å². The lowest BCUT2D eigenvalue weighted by atomic mass is 10.1. The molecule has 0 aromatic heterocycles. The molecule has 6 heteroatoms. The third kappa shape index (κ3) is 9.13. The molecule has 3 aromatic rings. The van der Waals surface area contributed by atoms with Gasteiger partial charge in [0.15, 0.2) is 0 Å². The number of carboxylic acid groups (broad SMARTS) is 1. The Labute approximate surface area is 212 Å². The van der Waals surface area contributed by atoms with Crippen molar-refractivity contribution in [1.82, 2.24) is 5.32 Å². The molecule has 3 rings (SSSR count). The summed E-state index contributed by atoms with van der Waals surface area (Å²) in [5.74, 6) is -0.836. The second-order valence-electron chi connectivity index (χ2n) is 8.49. The van der Waals surface area contributed by atoms with E-state index in [1.165, 1.54) is 18.4 Å². The molecule has 0 bridgehead atoms. The van der Waals surface area contributed by atoms with Gasteiger partial charge in [0.2, 0.25) is 0 Å². The molecule has 5 nitrogen and oxygen atoms in total. The fraction of sp³-hybridized carbons (Fsp3) is 0.310. The van der Waals surface area contributed by atoms with E-state index in [1.54, 1.807) is 11.8 Å². The minimum absolute atomic E-state index is 0.0182. The van der Waals surface area contributed by atoms with Crippen LogP contribution in [0.5, 0.6) is 0 Å². The average Bonchev–Trinajstić information content (AvgIpc) is 2.86. The van der Waals surface area contributed by atoms with Gasteiger partial charge in [-0.1, -0.05) is 86.5 Å². The number of hydrogen-bond donors (Lipinski definition) is 2. The first-order valence-corrected chi connectivity index (χ1v) is 13.0. The second kappa shape index (κ2) is 14.2. The number of hydrogen-bond acceptors (Lipinski definition) is 3. The number of nitrogens with zero attached hydrogens (tertiary/aromatic N) is 1. The van der Waals surface area contributed by atoms with Crippen LogP contribution in [0.4, 0.5) is 10.5 Å². The Morgan fingerprint density at radius 2 is 1.63 bits per heavy atom. The molecule has 0 saturated heterocycles. The molecule has 0 spiro atoms. The molecular weight excluding hydrogens is 456 g/mol. The molecular formula is C29H34N2O3S. The van der Waals surface area contributed by atoms with Gasteiger partial charge in [-0.25, -0.2) is 4.79 Å². The second-order valence-corrected chi connectivity index (χ2v) is 9.64. The number of amides is 2. The van der Waals surface area contributed by atoms with Gasteiger partial charge in [0, 0.05) is 28.6 Å². The van der Waals surface area contributed by atoms with Gasteiger partial charge in [-0.2, -0.15) is 0 Å². The van der Waals surface area contributed by atoms with Gasteiger partial charge in [-0.05, 0) is 54.3 Å². The van der Waals surface area contributed by atoms with Crippen molar-refractivity contribution >= 4 is 29.4 Å². The Balaban J connectivity index is 1.71. The lowest BCUT2D eigenvalue weighted by Crippen LogP contribution is -2.41. The summed E-state index contributed by atoms with van der Waals surface area (Å²) in [5, 5.41) is 12.1. The number of carbonyl (C=O) groups excluding carboxylic acids is 1. The Hall–Kier alpha value is -3.25. The summed E-state index contributed by atoms with van der Waals surface area (Å²) in [7, 11) is 0. The lowest BCUT2D eigenvalue weighted by Gasteiger charge is -2.24. The zero-order valence-electron chi connectivity index (χ0n) is 20.3. The summed E-state index contributed by atoms with van der Waals surface area (Å²) in [6.45, 7) is 3.44. The molecule has 0 atom stereocenters. The minimum atomic E-state index is -0.836. The van der Waals surface area contributed by atoms with Crippen molar-refractivity contribution in [3.63, 3.8) is 0 Å². The van der Waals surface area contributed by atoms with E-state index < -0.39 is 5.97 Å². The van der Waals surface area contributed by atoms with E-state index >= 15 is 0 Å². The first-order valence-electron chi connectivity index (χ1n) is 12.2. The molecule has 3 aromatic carbocycles. The van der Waals surface area contributed by atoms with Crippen LogP contribution in [0.3, 0.4) is 0 Å². The topological polar surface area (TPSA) is 69.6 Å². The number of carboxylic acids is 1. The largest absolute Gasteiger partial charge is 0.481 e. The van der Waals surface area contributed by atoms with Crippen molar-refractivity contribution in [2.45, 2.75) is 55.2 Å². The van der Waals surface area contributed by atoms with E-state index in [9.17, 15) is 9.59 Å². The Kier molecular flexibility index (Phi) is 10.7. The molecule has 0 aliphatic rings. The maximum atomic E-state index is 13.2. The molecule has 184 valence electrons. The molecule has 35 heavy (non-hydrogen) atoms. The number of rotatable bonds is 13. The average molecular weight is 491 g/mol. The summed E-state index contributed by atoms with van der Waals surface area (Å²) in [5.41, 5.74) is 2.83. The van der Waals surface area contributed by atoms with Crippen molar-refractivity contribution in [2.24, 2.45) is 0 Å². The number of anilines is 1. The van der Waals surface area contributed by atoms with Gasteiger partial charge in [0.05, 0.1) is 6.42 Å². The van der Waals surface area contributed by atoms with E-state index in [4.69, 9.17) is 5.11 Å². The molecule has 2 amide bonds. The first-order chi connectivity index (χ1) is 17.0. The molecule has 0 fully saturated rings. The summed E-state index contributed by atoms with van der Waals surface area (Å²) in [6.07, 6.45) is 5.25. The highest BCUT2D eigenvalue weighted by molar-refractivity contribution is 7.99. The minimum Gasteiger partial charge on any atom is -0.481 e. The van der Waals surface area contributed by atoms with Crippen LogP contribution in [0.15, 0.2) is 88.7 Å². The van der Waals surface area contributed by atoms with Crippen LogP contribution in [0.1, 0.15) is 43.7 Å². The number of benzene rings is 3. The standard InChI is InChI=1S/C29H34N2O3S/c1-2-3-4-8-19-30-29(34)31(20-18-23-10-6-5-7-11-23)25-12-9-13-27(22-25)35-26-16-14-24(15-17-26)21-28(32)33/h5-7,9-17,22H,2-4,8,18-21H2,1H3,(H,30,34)(H,32,33). The van der Waals surface area contributed by atoms with Crippen molar-refractivity contribution in [3.8, 4) is 0 Å². The van der Waals surface area contributed by atoms with Gasteiger partial charge in [-0.3, -0.25) is 9.69 Å². The quantitative estimate of drug-likeness (QED) is 0.258. The number of aliphatic carboxylic acids is 1. The molecule has 0 unspecified atom stereocenters. The van der Waals surface area contributed by atoms with Gasteiger partial charge in [0.1, 0.15) is 0 Å². The highest BCUT2D eigenvalue weighted by atomic mass is 32.2. The van der Waals surface area contributed by atoms with Crippen LogP contribution >= 0.6 is 11.8 Å². The Morgan fingerprint density at radius 3 is 2.34 bits per heavy atom. The summed E-state index contributed by atoms with van der Waals surface area (Å²) >= 11 is 1.59. The Bertz CT molecular complexity index is 1070. The molecule has 0 aliphatic heterocycles. The molecule has 0 radical (unpaired) electrons. The van der Waals surface area contributed by atoms with Gasteiger partial charge in [0.25, 0.3) is 0 Å². The maximum absolute atomic E-state index is 13.2. The van der Waals surface area contributed by atoms with Crippen LogP contribution in [0, 0.1) is 0 Å². The van der Waals surface area contributed by atoms with Crippen molar-refractivity contribution in [1.29, 1.82) is 0 Å². The van der Waals surface area contributed by atoms with Crippen LogP contribution in [-0.4, -0.2) is 30.2 Å². The molecule has 2 N–H and O–H groups in total. The normalized spacial score (nSPS) is 10.7. The van der Waals surface area contributed by atoms with Crippen molar-refractivity contribution in [2.75, 3.05) is 18.0 Å². The molecule has 0 heterocycles. The van der Waals surface area contributed by atoms with Gasteiger partial charge >= 0.3 is 12.0 Å². The van der Waals surface area contributed by atoms with Crippen LogP contribution < -0.4 is 10.2 Å². The number of nitrogens with one attached hydrogen (secondary N) is 1. The Morgan fingerprint density at radius 1 is 0.857 bits per heavy atom. The van der Waals surface area contributed by atoms with Crippen molar-refractivity contribution in [3.05, 3.63) is 90.0 Å². The smallest absolute Gasteiger partial charge is 0.321 e. The fourth-order valence-electron chi connectivity index (χ4n) is 3.78. The third-order valence-electron chi connectivity index (χ3n) is 5.66. The molecule has 0 aliphatic carbocycles. The van der Waals surface area contributed by atoms with E-state index in [0.29, 0.717) is 13.1 Å². The predicted octanol–water partition coefficient (Wildman–Crippen LogP) is 6.80. The highest BCUT2D eigenvalue weighted by Crippen LogP contribution is 2.31. The van der Waals surface area contributed by atoms with E-state index in [0.717, 1.165) is 40.3 Å². The lowest BCUT2D eigenvalue weighted by molar-refractivity contribution is -0.136. The number of urea groups is 1. The maximum Gasteiger partial charge on any atom is 0.321 e. The third-order valence-corrected chi connectivity index (χ3v) is 6.66. The zero-order valence-corrected chi connectivity index (χ0v) is 21.1. The summed E-state index contributed by atoms with van der Waals surface area (Å²) in [4.78, 5) is 27.9. The first kappa shape index (κ1) is 26.4. The molecule has 0 saturated carbocycles. The van der Waals surface area contributed by atoms with E-state index in [-0.39, 0.29) is 12.5 Å². The van der Waals surface area contributed by atoms with E-state index in [1.807, 2.05) is 71.6 Å². The van der Waals surface area contributed by atoms with Crippen LogP contribution in [0.25, 0.3) is 0 Å².